The lowest BCUT2D eigenvalue weighted by molar-refractivity contribution is -0.127. The molecule has 2 rings (SSSR count). The Labute approximate surface area is 138 Å². The lowest BCUT2D eigenvalue weighted by Crippen LogP contribution is -2.37. The van der Waals surface area contributed by atoms with Crippen molar-refractivity contribution in [3.63, 3.8) is 0 Å². The highest BCUT2D eigenvalue weighted by atomic mass is 16.5. The Balaban J connectivity index is 1.99. The molecule has 1 amide bonds. The Morgan fingerprint density at radius 3 is 2.30 bits per heavy atom. The molecule has 0 saturated carbocycles. The van der Waals surface area contributed by atoms with Crippen molar-refractivity contribution in [2.45, 2.75) is 46.8 Å². The van der Waals surface area contributed by atoms with Gasteiger partial charge in [0.1, 0.15) is 5.75 Å². The van der Waals surface area contributed by atoms with E-state index < -0.39 is 6.10 Å². The van der Waals surface area contributed by atoms with Crippen LogP contribution < -0.4 is 10.1 Å². The number of benzene rings is 2. The van der Waals surface area contributed by atoms with Crippen LogP contribution in [0.4, 0.5) is 0 Å². The fourth-order valence-electron chi connectivity index (χ4n) is 2.37. The molecule has 0 saturated heterocycles. The van der Waals surface area contributed by atoms with E-state index in [2.05, 4.69) is 5.32 Å². The molecule has 0 spiro atoms. The van der Waals surface area contributed by atoms with Gasteiger partial charge < -0.3 is 10.1 Å². The minimum atomic E-state index is -0.539. The molecule has 2 aromatic rings. The minimum Gasteiger partial charge on any atom is -0.481 e. The van der Waals surface area contributed by atoms with Gasteiger partial charge in [0.25, 0.3) is 5.91 Å². The van der Waals surface area contributed by atoms with Crippen LogP contribution in [-0.2, 0) is 4.79 Å². The third kappa shape index (κ3) is 4.35. The standard InChI is InChI=1S/C20H25NO2/c1-13-9-11-18(12-10-13)16(4)21-20(22)17(5)23-19-8-6-7-14(2)15(19)3/h6-12,16-17H,1-5H3,(H,21,22)/t16-,17-/m1/s1. The molecular weight excluding hydrogens is 286 g/mol. The van der Waals surface area contributed by atoms with Gasteiger partial charge in [0.15, 0.2) is 6.10 Å². The molecule has 3 nitrogen and oxygen atoms in total. The summed E-state index contributed by atoms with van der Waals surface area (Å²) in [7, 11) is 0. The first-order valence-corrected chi connectivity index (χ1v) is 7.98. The van der Waals surface area contributed by atoms with Gasteiger partial charge in [-0.15, -0.1) is 0 Å². The summed E-state index contributed by atoms with van der Waals surface area (Å²) in [5.41, 5.74) is 4.52. The first kappa shape index (κ1) is 17.1. The molecule has 122 valence electrons. The van der Waals surface area contributed by atoms with Gasteiger partial charge >= 0.3 is 0 Å². The van der Waals surface area contributed by atoms with E-state index in [1.54, 1.807) is 6.92 Å². The molecule has 0 bridgehead atoms. The minimum absolute atomic E-state index is 0.0484. The quantitative estimate of drug-likeness (QED) is 0.896. The number of rotatable bonds is 5. The maximum absolute atomic E-state index is 12.4. The first-order chi connectivity index (χ1) is 10.9. The lowest BCUT2D eigenvalue weighted by atomic mass is 10.1. The zero-order chi connectivity index (χ0) is 17.0. The molecule has 1 N–H and O–H groups in total. The number of ether oxygens (including phenoxy) is 1. The summed E-state index contributed by atoms with van der Waals surface area (Å²) in [6.45, 7) is 9.84. The average molecular weight is 311 g/mol. The van der Waals surface area contributed by atoms with Gasteiger partial charge in [-0.2, -0.15) is 0 Å². The van der Waals surface area contributed by atoms with E-state index >= 15 is 0 Å². The van der Waals surface area contributed by atoms with Crippen molar-refractivity contribution in [3.05, 3.63) is 64.7 Å². The molecule has 0 aromatic heterocycles. The first-order valence-electron chi connectivity index (χ1n) is 7.98. The predicted octanol–water partition coefficient (Wildman–Crippen LogP) is 4.26. The van der Waals surface area contributed by atoms with Crippen molar-refractivity contribution in [2.24, 2.45) is 0 Å². The van der Waals surface area contributed by atoms with Crippen LogP contribution in [0.25, 0.3) is 0 Å². The number of hydrogen-bond donors (Lipinski definition) is 1. The van der Waals surface area contributed by atoms with Crippen LogP contribution in [0.2, 0.25) is 0 Å². The van der Waals surface area contributed by atoms with Gasteiger partial charge in [-0.1, -0.05) is 42.0 Å². The number of amides is 1. The van der Waals surface area contributed by atoms with Gasteiger partial charge in [-0.05, 0) is 57.4 Å². The van der Waals surface area contributed by atoms with Crippen molar-refractivity contribution in [2.75, 3.05) is 0 Å². The van der Waals surface area contributed by atoms with Crippen molar-refractivity contribution < 1.29 is 9.53 Å². The van der Waals surface area contributed by atoms with Crippen LogP contribution >= 0.6 is 0 Å². The largest absolute Gasteiger partial charge is 0.481 e. The van der Waals surface area contributed by atoms with E-state index in [4.69, 9.17) is 4.74 Å². The summed E-state index contributed by atoms with van der Waals surface area (Å²) >= 11 is 0. The van der Waals surface area contributed by atoms with Crippen LogP contribution in [0, 0.1) is 20.8 Å². The summed E-state index contributed by atoms with van der Waals surface area (Å²) in [4.78, 5) is 12.4. The van der Waals surface area contributed by atoms with Gasteiger partial charge in [0.2, 0.25) is 0 Å². The summed E-state index contributed by atoms with van der Waals surface area (Å²) in [6, 6.07) is 14.0. The second-order valence-corrected chi connectivity index (χ2v) is 6.10. The second-order valence-electron chi connectivity index (χ2n) is 6.10. The van der Waals surface area contributed by atoms with E-state index in [1.165, 1.54) is 5.56 Å². The molecule has 0 radical (unpaired) electrons. The molecule has 2 atom stereocenters. The Bertz CT molecular complexity index is 677. The number of nitrogens with one attached hydrogen (secondary N) is 1. The van der Waals surface area contributed by atoms with Gasteiger partial charge in [-0.25, -0.2) is 0 Å². The fraction of sp³-hybridized carbons (Fsp3) is 0.350. The lowest BCUT2D eigenvalue weighted by Gasteiger charge is -2.20. The van der Waals surface area contributed by atoms with E-state index in [-0.39, 0.29) is 11.9 Å². The molecule has 0 heterocycles. The van der Waals surface area contributed by atoms with E-state index in [0.29, 0.717) is 0 Å². The maximum atomic E-state index is 12.4. The third-order valence-corrected chi connectivity index (χ3v) is 4.16. The Morgan fingerprint density at radius 1 is 1.00 bits per heavy atom. The average Bonchev–Trinajstić information content (AvgIpc) is 2.52. The van der Waals surface area contributed by atoms with Crippen molar-refractivity contribution >= 4 is 5.91 Å². The summed E-state index contributed by atoms with van der Waals surface area (Å²) in [5.74, 6) is 0.648. The highest BCUT2D eigenvalue weighted by Gasteiger charge is 2.18. The van der Waals surface area contributed by atoms with Gasteiger partial charge in [-0.3, -0.25) is 4.79 Å². The van der Waals surface area contributed by atoms with Crippen LogP contribution in [0.3, 0.4) is 0 Å². The van der Waals surface area contributed by atoms with Gasteiger partial charge in [0, 0.05) is 0 Å². The Kier molecular flexibility index (Phi) is 5.43. The number of carbonyl (C=O) groups is 1. The van der Waals surface area contributed by atoms with Crippen molar-refractivity contribution in [1.82, 2.24) is 5.32 Å². The smallest absolute Gasteiger partial charge is 0.261 e. The Hall–Kier alpha value is -2.29. The van der Waals surface area contributed by atoms with Crippen LogP contribution in [0.1, 0.15) is 42.1 Å². The summed E-state index contributed by atoms with van der Waals surface area (Å²) in [5, 5.41) is 3.01. The number of aryl methyl sites for hydroxylation is 2. The number of carbonyl (C=O) groups excluding carboxylic acids is 1. The molecule has 0 aliphatic carbocycles. The molecule has 2 aromatic carbocycles. The molecule has 23 heavy (non-hydrogen) atoms. The Morgan fingerprint density at radius 2 is 1.65 bits per heavy atom. The van der Waals surface area contributed by atoms with Crippen molar-refractivity contribution in [3.8, 4) is 5.75 Å². The van der Waals surface area contributed by atoms with Crippen LogP contribution in [0.15, 0.2) is 42.5 Å². The van der Waals surface area contributed by atoms with Gasteiger partial charge in [0.05, 0.1) is 6.04 Å². The third-order valence-electron chi connectivity index (χ3n) is 4.16. The monoisotopic (exact) mass is 311 g/mol. The molecular formula is C20H25NO2. The summed E-state index contributed by atoms with van der Waals surface area (Å²) < 4.78 is 5.83. The predicted molar refractivity (Wildman–Crippen MR) is 93.7 cm³/mol. The molecule has 0 unspecified atom stereocenters. The zero-order valence-corrected chi connectivity index (χ0v) is 14.5. The topological polar surface area (TPSA) is 38.3 Å². The normalized spacial score (nSPS) is 13.3. The highest BCUT2D eigenvalue weighted by Crippen LogP contribution is 2.22. The molecule has 0 fully saturated rings. The van der Waals surface area contributed by atoms with Crippen LogP contribution in [0.5, 0.6) is 5.75 Å². The molecule has 3 heteroatoms. The number of hydrogen-bond acceptors (Lipinski definition) is 2. The SMILES string of the molecule is Cc1ccc([C@@H](C)NC(=O)[C@@H](C)Oc2cccc(C)c2C)cc1. The molecule has 0 aliphatic rings. The maximum Gasteiger partial charge on any atom is 0.261 e. The van der Waals surface area contributed by atoms with E-state index in [1.807, 2.05) is 70.2 Å². The second kappa shape index (κ2) is 7.32. The van der Waals surface area contributed by atoms with E-state index in [0.717, 1.165) is 22.4 Å². The van der Waals surface area contributed by atoms with E-state index in [9.17, 15) is 4.79 Å². The van der Waals surface area contributed by atoms with Crippen molar-refractivity contribution in [1.29, 1.82) is 0 Å². The fourth-order valence-corrected chi connectivity index (χ4v) is 2.37. The molecule has 0 aliphatic heterocycles. The summed E-state index contributed by atoms with van der Waals surface area (Å²) in [6.07, 6.45) is -0.539. The highest BCUT2D eigenvalue weighted by molar-refractivity contribution is 5.81. The zero-order valence-electron chi connectivity index (χ0n) is 14.5. The van der Waals surface area contributed by atoms with Crippen LogP contribution in [-0.4, -0.2) is 12.0 Å².